The molecule has 1 saturated carbocycles. The van der Waals surface area contributed by atoms with Gasteiger partial charge in [-0.2, -0.15) is 0 Å². The Balaban J connectivity index is 1.92. The molecule has 0 radical (unpaired) electrons. The van der Waals surface area contributed by atoms with Gasteiger partial charge in [0.05, 0.1) is 16.2 Å². The molecule has 1 fully saturated rings. The van der Waals surface area contributed by atoms with Gasteiger partial charge in [0, 0.05) is 31.5 Å². The Morgan fingerprint density at radius 2 is 1.91 bits per heavy atom. The third kappa shape index (κ3) is 7.92. The van der Waals surface area contributed by atoms with E-state index >= 15 is 0 Å². The monoisotopic (exact) mass is 598 g/mol. The molecule has 0 saturated heterocycles. The Hall–Kier alpha value is -1.65. The number of aliphatic hydroxyl groups excluding tert-OH is 2. The van der Waals surface area contributed by atoms with E-state index in [0.717, 1.165) is 29.3 Å². The summed E-state index contributed by atoms with van der Waals surface area (Å²) in [5.74, 6) is 0.925. The van der Waals surface area contributed by atoms with Crippen molar-refractivity contribution in [1.82, 2.24) is 10.2 Å². The maximum Gasteiger partial charge on any atom is 0.247 e. The molecule has 35 heavy (non-hydrogen) atoms. The van der Waals surface area contributed by atoms with E-state index in [0.29, 0.717) is 30.2 Å². The van der Waals surface area contributed by atoms with Crippen LogP contribution in [0.15, 0.2) is 35.9 Å². The van der Waals surface area contributed by atoms with Gasteiger partial charge in [-0.3, -0.25) is 9.59 Å². The second-order valence-corrected chi connectivity index (χ2v) is 11.3. The van der Waals surface area contributed by atoms with Crippen LogP contribution < -0.4 is 10.1 Å². The molecule has 0 aliphatic heterocycles. The minimum absolute atomic E-state index is 0.0136. The molecule has 0 aromatic heterocycles. The van der Waals surface area contributed by atoms with Gasteiger partial charge < -0.3 is 25.2 Å². The summed E-state index contributed by atoms with van der Waals surface area (Å²) in [5.41, 5.74) is 0.468. The molecule has 1 aromatic carbocycles. The highest BCUT2D eigenvalue weighted by atomic mass is 127. The van der Waals surface area contributed by atoms with E-state index in [1.807, 2.05) is 43.0 Å². The number of nitrogens with one attached hydrogen (secondary N) is 1. The second-order valence-electron chi connectivity index (χ2n) is 10.1. The Labute approximate surface area is 222 Å². The number of ether oxygens (including phenoxy) is 1. The van der Waals surface area contributed by atoms with Gasteiger partial charge in [-0.1, -0.05) is 45.2 Å². The van der Waals surface area contributed by atoms with Crippen LogP contribution in [0.1, 0.15) is 58.8 Å². The van der Waals surface area contributed by atoms with Crippen molar-refractivity contribution in [3.63, 3.8) is 0 Å². The van der Waals surface area contributed by atoms with Crippen LogP contribution in [0, 0.1) is 15.4 Å². The number of hydrogen-bond acceptors (Lipinski definition) is 5. The van der Waals surface area contributed by atoms with Gasteiger partial charge >= 0.3 is 0 Å². The fraction of sp³-hybridized carbons (Fsp3) is 0.630. The summed E-state index contributed by atoms with van der Waals surface area (Å²) < 4.78 is 7.11. The molecule has 3 atom stereocenters. The van der Waals surface area contributed by atoms with E-state index in [-0.39, 0.29) is 37.3 Å². The van der Waals surface area contributed by atoms with Gasteiger partial charge in [0.15, 0.2) is 0 Å². The zero-order valence-corrected chi connectivity index (χ0v) is 22.9. The Bertz CT molecular complexity index is 884. The molecule has 2 amide bonds. The first-order valence-corrected chi connectivity index (χ1v) is 13.9. The van der Waals surface area contributed by atoms with Crippen LogP contribution in [-0.4, -0.2) is 64.9 Å². The van der Waals surface area contributed by atoms with Gasteiger partial charge in [-0.15, -0.1) is 0 Å². The zero-order chi connectivity index (χ0) is 25.4. The largest absolute Gasteiger partial charge is 0.482 e. The van der Waals surface area contributed by atoms with Crippen molar-refractivity contribution in [3.8, 4) is 5.75 Å². The Morgan fingerprint density at radius 3 is 2.57 bits per heavy atom. The highest BCUT2D eigenvalue weighted by Gasteiger charge is 2.41. The van der Waals surface area contributed by atoms with Gasteiger partial charge in [0.2, 0.25) is 11.8 Å². The molecule has 3 N–H and O–H groups in total. The van der Waals surface area contributed by atoms with Crippen molar-refractivity contribution in [2.45, 2.75) is 77.0 Å². The first-order chi connectivity index (χ1) is 16.8. The summed E-state index contributed by atoms with van der Waals surface area (Å²) in [4.78, 5) is 28.2. The van der Waals surface area contributed by atoms with Crippen molar-refractivity contribution < 1.29 is 24.5 Å². The lowest BCUT2D eigenvalue weighted by atomic mass is 9.85. The van der Waals surface area contributed by atoms with Crippen molar-refractivity contribution in [2.24, 2.45) is 11.8 Å². The summed E-state index contributed by atoms with van der Waals surface area (Å²) in [6, 6.07) is 6.97. The Kier molecular flexibility index (Phi) is 10.9. The number of benzene rings is 1. The number of carbonyl (C=O) groups is 2. The summed E-state index contributed by atoms with van der Waals surface area (Å²) in [7, 11) is 0. The Morgan fingerprint density at radius 1 is 1.20 bits per heavy atom. The third-order valence-electron chi connectivity index (χ3n) is 6.80. The average Bonchev–Trinajstić information content (AvgIpc) is 2.84. The fourth-order valence-electron chi connectivity index (χ4n) is 5.00. The van der Waals surface area contributed by atoms with E-state index in [9.17, 15) is 14.7 Å². The number of para-hydroxylation sites is 1. The minimum atomic E-state index is -0.972. The van der Waals surface area contributed by atoms with Crippen LogP contribution in [0.25, 0.3) is 0 Å². The molecule has 2 aliphatic rings. The lowest BCUT2D eigenvalue weighted by Crippen LogP contribution is -2.56. The molecule has 0 unspecified atom stereocenters. The second kappa shape index (κ2) is 13.6. The topological polar surface area (TPSA) is 99.1 Å². The molecular weight excluding hydrogens is 559 g/mol. The lowest BCUT2D eigenvalue weighted by Gasteiger charge is -2.42. The standard InChI is InChI=1S/C27H39IN2O5/c1-18(2)14-25(32)30(17-19-8-4-3-5-9-19)22-15-20(27(34)29-12-13-31)16-24(26(22)33)35-23-11-7-6-10-21(23)28/h6-7,10-11,16,18-19,22,24,26,31,33H,3-5,8-9,12-15,17H2,1-2H3,(H,29,34)/t22-,24+,26+/m1/s1. The van der Waals surface area contributed by atoms with Gasteiger partial charge in [-0.05, 0) is 65.5 Å². The van der Waals surface area contributed by atoms with Gasteiger partial charge in [-0.25, -0.2) is 0 Å². The first-order valence-electron chi connectivity index (χ1n) is 12.8. The average molecular weight is 599 g/mol. The molecular formula is C27H39IN2O5. The summed E-state index contributed by atoms with van der Waals surface area (Å²) in [6.07, 6.45) is 6.28. The van der Waals surface area contributed by atoms with Crippen molar-refractivity contribution in [2.75, 3.05) is 19.7 Å². The molecule has 0 bridgehead atoms. The first kappa shape index (κ1) is 27.9. The van der Waals surface area contributed by atoms with Gasteiger partial charge in [0.1, 0.15) is 18.0 Å². The summed E-state index contributed by atoms with van der Waals surface area (Å²) in [6.45, 7) is 4.61. The molecule has 7 nitrogen and oxygen atoms in total. The van der Waals surface area contributed by atoms with Crippen LogP contribution in [0.4, 0.5) is 0 Å². The van der Waals surface area contributed by atoms with E-state index in [1.165, 1.54) is 6.42 Å². The highest BCUT2D eigenvalue weighted by molar-refractivity contribution is 14.1. The molecule has 194 valence electrons. The number of halogens is 1. The predicted octanol–water partition coefficient (Wildman–Crippen LogP) is 3.66. The molecule has 0 heterocycles. The highest BCUT2D eigenvalue weighted by Crippen LogP contribution is 2.32. The van der Waals surface area contributed by atoms with Crippen molar-refractivity contribution >= 4 is 34.4 Å². The normalized spacial score (nSPS) is 23.0. The summed E-state index contributed by atoms with van der Waals surface area (Å²) >= 11 is 2.18. The van der Waals surface area contributed by atoms with Crippen LogP contribution in [-0.2, 0) is 9.59 Å². The van der Waals surface area contributed by atoms with Crippen LogP contribution in [0.3, 0.4) is 0 Å². The number of amides is 2. The number of carbonyl (C=O) groups excluding carboxylic acids is 2. The molecule has 8 heteroatoms. The van der Waals surface area contributed by atoms with Crippen LogP contribution in [0.2, 0.25) is 0 Å². The number of rotatable bonds is 10. The predicted molar refractivity (Wildman–Crippen MR) is 144 cm³/mol. The van der Waals surface area contributed by atoms with Crippen molar-refractivity contribution in [3.05, 3.63) is 39.5 Å². The number of aliphatic hydroxyl groups is 2. The van der Waals surface area contributed by atoms with E-state index in [2.05, 4.69) is 27.9 Å². The smallest absolute Gasteiger partial charge is 0.247 e. The summed E-state index contributed by atoms with van der Waals surface area (Å²) in [5, 5.41) is 23.4. The number of nitrogens with zero attached hydrogens (tertiary/aromatic N) is 1. The van der Waals surface area contributed by atoms with Gasteiger partial charge in [0.25, 0.3) is 0 Å². The number of hydrogen-bond donors (Lipinski definition) is 3. The maximum atomic E-state index is 13.5. The maximum absolute atomic E-state index is 13.5. The molecule has 2 aliphatic carbocycles. The third-order valence-corrected chi connectivity index (χ3v) is 7.69. The quantitative estimate of drug-likeness (QED) is 0.358. The minimum Gasteiger partial charge on any atom is -0.482 e. The molecule has 3 rings (SSSR count). The fourth-order valence-corrected chi connectivity index (χ4v) is 5.52. The molecule has 1 aromatic rings. The van der Waals surface area contributed by atoms with Crippen LogP contribution >= 0.6 is 22.6 Å². The SMILES string of the molecule is CC(C)CC(=O)N(CC1CCCCC1)[C@@H]1CC(C(=O)NCCO)=C[C@H](Oc2ccccc2I)[C@H]1O. The van der Waals surface area contributed by atoms with E-state index < -0.39 is 18.2 Å². The molecule has 0 spiro atoms. The lowest BCUT2D eigenvalue weighted by molar-refractivity contribution is -0.140. The van der Waals surface area contributed by atoms with Crippen LogP contribution in [0.5, 0.6) is 5.75 Å². The van der Waals surface area contributed by atoms with Crippen molar-refractivity contribution in [1.29, 1.82) is 0 Å². The van der Waals surface area contributed by atoms with E-state index in [1.54, 1.807) is 6.08 Å². The van der Waals surface area contributed by atoms with E-state index in [4.69, 9.17) is 9.84 Å². The zero-order valence-electron chi connectivity index (χ0n) is 20.8.